The molecular weight excluding hydrogens is 314 g/mol. The molecule has 0 fully saturated rings. The fraction of sp³-hybridized carbons (Fsp3) is 0.188. The van der Waals surface area contributed by atoms with Gasteiger partial charge in [0.05, 0.1) is 11.9 Å². The molecule has 1 amide bonds. The van der Waals surface area contributed by atoms with Gasteiger partial charge in [-0.3, -0.25) is 13.9 Å². The van der Waals surface area contributed by atoms with Crippen molar-refractivity contribution >= 4 is 29.2 Å². The molecule has 23 heavy (non-hydrogen) atoms. The Morgan fingerprint density at radius 3 is 3.00 bits per heavy atom. The molecule has 0 N–H and O–H groups in total. The van der Waals surface area contributed by atoms with Gasteiger partial charge in [-0.2, -0.15) is 5.10 Å². The van der Waals surface area contributed by atoms with E-state index in [-0.39, 0.29) is 5.91 Å². The van der Waals surface area contributed by atoms with Crippen LogP contribution in [0.2, 0.25) is 5.15 Å². The maximum Gasteiger partial charge on any atom is 0.246 e. The van der Waals surface area contributed by atoms with Crippen LogP contribution < -0.4 is 0 Å². The van der Waals surface area contributed by atoms with Crippen molar-refractivity contribution in [2.45, 2.75) is 6.54 Å². The average molecular weight is 330 g/mol. The van der Waals surface area contributed by atoms with Crippen LogP contribution in [0.15, 0.2) is 42.9 Å². The van der Waals surface area contributed by atoms with Crippen molar-refractivity contribution in [2.75, 3.05) is 7.05 Å². The third kappa shape index (κ3) is 3.27. The molecule has 0 radical (unpaired) electrons. The average Bonchev–Trinajstić information content (AvgIpc) is 3.07. The van der Waals surface area contributed by atoms with E-state index in [9.17, 15) is 4.79 Å². The topological polar surface area (TPSA) is 55.4 Å². The fourth-order valence-electron chi connectivity index (χ4n) is 2.32. The highest BCUT2D eigenvalue weighted by Gasteiger charge is 2.10. The third-order valence-corrected chi connectivity index (χ3v) is 3.74. The molecule has 118 valence electrons. The summed E-state index contributed by atoms with van der Waals surface area (Å²) < 4.78 is 3.55. The Labute approximate surface area is 138 Å². The molecule has 0 aromatic carbocycles. The number of rotatable bonds is 4. The number of hydrogen-bond acceptors (Lipinski definition) is 3. The van der Waals surface area contributed by atoms with Crippen LogP contribution in [0, 0.1) is 0 Å². The summed E-state index contributed by atoms with van der Waals surface area (Å²) in [5, 5.41) is 4.46. The van der Waals surface area contributed by atoms with Crippen LogP contribution in [0.3, 0.4) is 0 Å². The van der Waals surface area contributed by atoms with E-state index in [1.165, 1.54) is 6.08 Å². The molecule has 0 atom stereocenters. The van der Waals surface area contributed by atoms with Crippen molar-refractivity contribution in [2.24, 2.45) is 7.05 Å². The van der Waals surface area contributed by atoms with Crippen LogP contribution >= 0.6 is 11.6 Å². The van der Waals surface area contributed by atoms with Gasteiger partial charge in [0, 0.05) is 44.7 Å². The molecule has 3 aromatic rings. The van der Waals surface area contributed by atoms with E-state index in [1.54, 1.807) is 28.9 Å². The first kappa shape index (κ1) is 15.3. The lowest BCUT2D eigenvalue weighted by Gasteiger charge is -2.13. The van der Waals surface area contributed by atoms with Crippen molar-refractivity contribution in [3.8, 4) is 0 Å². The Kier molecular flexibility index (Phi) is 4.16. The van der Waals surface area contributed by atoms with Crippen molar-refractivity contribution < 1.29 is 4.79 Å². The van der Waals surface area contributed by atoms with Crippen LogP contribution in [0.25, 0.3) is 11.7 Å². The summed E-state index contributed by atoms with van der Waals surface area (Å²) in [5.41, 5.74) is 2.41. The number of aryl methyl sites for hydroxylation is 1. The molecule has 0 spiro atoms. The molecule has 0 unspecified atom stereocenters. The van der Waals surface area contributed by atoms with E-state index >= 15 is 0 Å². The molecule has 0 aliphatic rings. The maximum absolute atomic E-state index is 12.2. The summed E-state index contributed by atoms with van der Waals surface area (Å²) in [4.78, 5) is 18.1. The van der Waals surface area contributed by atoms with E-state index < -0.39 is 0 Å². The van der Waals surface area contributed by atoms with Crippen LogP contribution in [0.5, 0.6) is 0 Å². The van der Waals surface area contributed by atoms with Crippen molar-refractivity contribution in [1.29, 1.82) is 0 Å². The monoisotopic (exact) mass is 329 g/mol. The highest BCUT2D eigenvalue weighted by Crippen LogP contribution is 2.19. The van der Waals surface area contributed by atoms with Gasteiger partial charge < -0.3 is 4.90 Å². The summed E-state index contributed by atoms with van der Waals surface area (Å²) >= 11 is 6.14. The smallest absolute Gasteiger partial charge is 0.246 e. The Morgan fingerprint density at radius 1 is 1.43 bits per heavy atom. The summed E-state index contributed by atoms with van der Waals surface area (Å²) in [6.07, 6.45) is 8.67. The first-order valence-electron chi connectivity index (χ1n) is 7.08. The van der Waals surface area contributed by atoms with Crippen LogP contribution in [-0.2, 0) is 18.4 Å². The van der Waals surface area contributed by atoms with E-state index in [4.69, 9.17) is 11.6 Å². The Balaban J connectivity index is 1.75. The predicted molar refractivity (Wildman–Crippen MR) is 88.9 cm³/mol. The zero-order chi connectivity index (χ0) is 16.4. The minimum absolute atomic E-state index is 0.115. The molecule has 3 heterocycles. The molecule has 0 saturated heterocycles. The molecule has 0 aliphatic carbocycles. The summed E-state index contributed by atoms with van der Waals surface area (Å²) in [6.45, 7) is 0.498. The minimum Gasteiger partial charge on any atom is -0.338 e. The minimum atomic E-state index is -0.115. The number of likely N-dealkylation sites (N-methyl/N-ethyl adjacent to an activating group) is 1. The van der Waals surface area contributed by atoms with E-state index in [0.29, 0.717) is 17.4 Å². The lowest BCUT2D eigenvalue weighted by molar-refractivity contribution is -0.125. The Hall–Kier alpha value is -2.60. The van der Waals surface area contributed by atoms with Crippen molar-refractivity contribution in [3.05, 3.63) is 59.3 Å². The lowest BCUT2D eigenvalue weighted by Crippen LogP contribution is -2.23. The van der Waals surface area contributed by atoms with E-state index in [1.807, 2.05) is 42.0 Å². The van der Waals surface area contributed by atoms with Gasteiger partial charge in [0.25, 0.3) is 0 Å². The second kappa shape index (κ2) is 6.26. The number of pyridine rings is 1. The summed E-state index contributed by atoms with van der Waals surface area (Å²) in [6, 6.07) is 5.64. The third-order valence-electron chi connectivity index (χ3n) is 3.46. The van der Waals surface area contributed by atoms with Crippen molar-refractivity contribution in [1.82, 2.24) is 24.1 Å². The molecule has 6 nitrogen and oxygen atoms in total. The molecule has 3 aromatic heterocycles. The zero-order valence-corrected chi connectivity index (χ0v) is 13.6. The SMILES string of the molecule is CN(Cc1cnn(C)c1)C(=O)C=Cc1c(Cl)nc2ccccn12. The normalized spacial score (nSPS) is 11.4. The molecule has 3 rings (SSSR count). The largest absolute Gasteiger partial charge is 0.338 e. The number of carbonyl (C=O) groups is 1. The standard InChI is InChI=1S/C16H16ClN5O/c1-20(10-12-9-18-21(2)11-12)15(23)7-6-13-16(17)19-14-5-3-4-8-22(13)14/h3-9,11H,10H2,1-2H3. The molecular formula is C16H16ClN5O. The number of carbonyl (C=O) groups excluding carboxylic acids is 1. The van der Waals surface area contributed by atoms with Gasteiger partial charge in [-0.05, 0) is 18.2 Å². The van der Waals surface area contributed by atoms with Crippen LogP contribution in [-0.4, -0.2) is 37.0 Å². The number of nitrogens with zero attached hydrogens (tertiary/aromatic N) is 5. The first-order valence-corrected chi connectivity index (χ1v) is 7.45. The number of amides is 1. The number of aromatic nitrogens is 4. The molecule has 0 saturated carbocycles. The van der Waals surface area contributed by atoms with Gasteiger partial charge in [0.2, 0.25) is 5.91 Å². The van der Waals surface area contributed by atoms with Gasteiger partial charge in [0.1, 0.15) is 5.65 Å². The summed E-state index contributed by atoms with van der Waals surface area (Å²) in [5.74, 6) is -0.115. The molecule has 0 bridgehead atoms. The summed E-state index contributed by atoms with van der Waals surface area (Å²) in [7, 11) is 3.59. The number of imidazole rings is 1. The van der Waals surface area contributed by atoms with Gasteiger partial charge in [-0.25, -0.2) is 4.98 Å². The van der Waals surface area contributed by atoms with Crippen molar-refractivity contribution in [3.63, 3.8) is 0 Å². The Bertz CT molecular complexity index is 880. The second-order valence-corrected chi connectivity index (χ2v) is 5.62. The highest BCUT2D eigenvalue weighted by molar-refractivity contribution is 6.31. The first-order chi connectivity index (χ1) is 11.0. The van der Waals surface area contributed by atoms with Gasteiger partial charge in [-0.1, -0.05) is 17.7 Å². The lowest BCUT2D eigenvalue weighted by atomic mass is 10.3. The Morgan fingerprint density at radius 2 is 2.26 bits per heavy atom. The molecule has 0 aliphatic heterocycles. The van der Waals surface area contributed by atoms with Gasteiger partial charge in [-0.15, -0.1) is 0 Å². The van der Waals surface area contributed by atoms with E-state index in [2.05, 4.69) is 10.1 Å². The molecule has 7 heteroatoms. The van der Waals surface area contributed by atoms with Gasteiger partial charge in [0.15, 0.2) is 5.15 Å². The fourth-order valence-corrected chi connectivity index (χ4v) is 2.56. The predicted octanol–water partition coefficient (Wildman–Crippen LogP) is 2.39. The van der Waals surface area contributed by atoms with Crippen LogP contribution in [0.4, 0.5) is 0 Å². The number of hydrogen-bond donors (Lipinski definition) is 0. The number of halogens is 1. The second-order valence-electron chi connectivity index (χ2n) is 5.27. The van der Waals surface area contributed by atoms with Crippen LogP contribution in [0.1, 0.15) is 11.3 Å². The number of fused-ring (bicyclic) bond motifs is 1. The highest BCUT2D eigenvalue weighted by atomic mass is 35.5. The quantitative estimate of drug-likeness (QED) is 0.691. The zero-order valence-electron chi connectivity index (χ0n) is 12.8. The van der Waals surface area contributed by atoms with E-state index in [0.717, 1.165) is 11.2 Å². The van der Waals surface area contributed by atoms with Gasteiger partial charge >= 0.3 is 0 Å². The maximum atomic E-state index is 12.2.